The van der Waals surface area contributed by atoms with Crippen molar-refractivity contribution in [2.75, 3.05) is 23.3 Å². The van der Waals surface area contributed by atoms with Crippen molar-refractivity contribution < 1.29 is 9.52 Å². The van der Waals surface area contributed by atoms with E-state index in [9.17, 15) is 5.11 Å². The minimum absolute atomic E-state index is 0.134. The van der Waals surface area contributed by atoms with Crippen LogP contribution >= 0.6 is 0 Å². The zero-order valence-electron chi connectivity index (χ0n) is 21.4. The Morgan fingerprint density at radius 2 is 1.94 bits per heavy atom. The number of piperidine rings is 1. The molecular formula is C26H32N8O2. The number of pyridine rings is 2. The largest absolute Gasteiger partial charge is 0.416 e. The molecule has 4 aromatic rings. The van der Waals surface area contributed by atoms with Crippen molar-refractivity contribution in [2.45, 2.75) is 59.0 Å². The molecule has 1 fully saturated rings. The van der Waals surface area contributed by atoms with Crippen molar-refractivity contribution in [3.63, 3.8) is 0 Å². The average molecular weight is 489 g/mol. The summed E-state index contributed by atoms with van der Waals surface area (Å²) in [5, 5.41) is 23.5. The first-order chi connectivity index (χ1) is 17.2. The van der Waals surface area contributed by atoms with Gasteiger partial charge in [-0.2, -0.15) is 4.98 Å². The first kappa shape index (κ1) is 24.1. The molecule has 188 valence electrons. The fraction of sp³-hybridized carbons (Fsp3) is 0.462. The van der Waals surface area contributed by atoms with E-state index in [1.54, 1.807) is 26.2 Å². The van der Waals surface area contributed by atoms with Crippen LogP contribution in [0.15, 0.2) is 35.1 Å². The van der Waals surface area contributed by atoms with Crippen LogP contribution in [0.5, 0.6) is 0 Å². The Bertz CT molecular complexity index is 1380. The number of hydrogen-bond acceptors (Lipinski definition) is 10. The van der Waals surface area contributed by atoms with Gasteiger partial charge >= 0.3 is 0 Å². The molecule has 1 unspecified atom stereocenters. The maximum atomic E-state index is 10.2. The highest BCUT2D eigenvalue weighted by molar-refractivity contribution is 5.96. The lowest BCUT2D eigenvalue weighted by molar-refractivity contribution is 0.0487. The first-order valence-electron chi connectivity index (χ1n) is 12.4. The van der Waals surface area contributed by atoms with Crippen LogP contribution in [0.3, 0.4) is 0 Å². The number of aromatic nitrogens is 6. The standard InChI is InChI=1S/C26H32N8O2/c1-15(2)18-12-29-22(23-32-33-24(36-23)26(4,5)35)19-13-28-21(11-17(18)19)30-20-8-9-27-25(31-20)34-10-6-7-16(3)14-34/h8-9,11-13,15-16,35H,6-7,10,14H2,1-5H3,(H,27,28,30,31). The normalized spacial score (nSPS) is 16.6. The molecule has 1 aliphatic heterocycles. The number of nitrogens with zero attached hydrogens (tertiary/aromatic N) is 7. The lowest BCUT2D eigenvalue weighted by Gasteiger charge is -2.30. The summed E-state index contributed by atoms with van der Waals surface area (Å²) >= 11 is 0. The maximum absolute atomic E-state index is 10.2. The van der Waals surface area contributed by atoms with Crippen molar-refractivity contribution in [3.8, 4) is 11.6 Å². The molecule has 1 aliphatic rings. The molecular weight excluding hydrogens is 456 g/mol. The number of anilines is 3. The molecule has 0 radical (unpaired) electrons. The minimum atomic E-state index is -1.24. The Hall–Kier alpha value is -3.66. The third-order valence-corrected chi connectivity index (χ3v) is 6.41. The predicted molar refractivity (Wildman–Crippen MR) is 138 cm³/mol. The van der Waals surface area contributed by atoms with Gasteiger partial charge in [0, 0.05) is 37.1 Å². The molecule has 0 aromatic carbocycles. The summed E-state index contributed by atoms with van der Waals surface area (Å²) in [7, 11) is 0. The van der Waals surface area contributed by atoms with Gasteiger partial charge in [-0.05, 0) is 61.6 Å². The molecule has 0 bridgehead atoms. The Morgan fingerprint density at radius 3 is 2.67 bits per heavy atom. The molecule has 10 nitrogen and oxygen atoms in total. The van der Waals surface area contributed by atoms with E-state index in [4.69, 9.17) is 9.40 Å². The van der Waals surface area contributed by atoms with Gasteiger partial charge in [0.05, 0.1) is 0 Å². The van der Waals surface area contributed by atoms with Crippen molar-refractivity contribution in [1.29, 1.82) is 0 Å². The molecule has 0 amide bonds. The van der Waals surface area contributed by atoms with Gasteiger partial charge < -0.3 is 19.7 Å². The lowest BCUT2D eigenvalue weighted by atomic mass is 9.98. The number of hydrogen-bond donors (Lipinski definition) is 2. The van der Waals surface area contributed by atoms with Crippen LogP contribution in [0.25, 0.3) is 22.4 Å². The number of nitrogens with one attached hydrogen (secondary N) is 1. The zero-order valence-corrected chi connectivity index (χ0v) is 21.4. The van der Waals surface area contributed by atoms with Gasteiger partial charge in [-0.3, -0.25) is 4.98 Å². The summed E-state index contributed by atoms with van der Waals surface area (Å²) in [5.41, 5.74) is 0.365. The molecule has 0 saturated carbocycles. The van der Waals surface area contributed by atoms with E-state index >= 15 is 0 Å². The predicted octanol–water partition coefficient (Wildman–Crippen LogP) is 4.80. The summed E-state index contributed by atoms with van der Waals surface area (Å²) in [6.07, 6.45) is 7.77. The molecule has 36 heavy (non-hydrogen) atoms. The highest BCUT2D eigenvalue weighted by Gasteiger charge is 2.26. The quantitative estimate of drug-likeness (QED) is 0.391. The van der Waals surface area contributed by atoms with E-state index in [1.807, 2.05) is 18.3 Å². The monoisotopic (exact) mass is 488 g/mol. The van der Waals surface area contributed by atoms with Crippen LogP contribution < -0.4 is 10.2 Å². The topological polar surface area (TPSA) is 126 Å². The van der Waals surface area contributed by atoms with Crippen molar-refractivity contribution >= 4 is 28.4 Å². The van der Waals surface area contributed by atoms with Crippen LogP contribution in [-0.2, 0) is 5.60 Å². The van der Waals surface area contributed by atoms with Gasteiger partial charge in [0.25, 0.3) is 5.89 Å². The van der Waals surface area contributed by atoms with Crippen LogP contribution in [-0.4, -0.2) is 48.3 Å². The van der Waals surface area contributed by atoms with Gasteiger partial charge in [0.15, 0.2) is 0 Å². The van der Waals surface area contributed by atoms with Crippen LogP contribution in [0, 0.1) is 5.92 Å². The molecule has 2 N–H and O–H groups in total. The molecule has 1 saturated heterocycles. The molecule has 5 heterocycles. The zero-order chi connectivity index (χ0) is 25.4. The van der Waals surface area contributed by atoms with Gasteiger partial charge in [0.2, 0.25) is 11.8 Å². The number of rotatable bonds is 6. The SMILES string of the molecule is CC1CCCN(c2nccc(Nc3cc4c(C(C)C)cnc(-c5nnc(C(C)(C)O)o5)c4cn3)n2)C1. The summed E-state index contributed by atoms with van der Waals surface area (Å²) in [6.45, 7) is 11.7. The highest BCUT2D eigenvalue weighted by atomic mass is 16.4. The molecule has 0 aliphatic carbocycles. The average Bonchev–Trinajstić information content (AvgIpc) is 3.34. The molecule has 0 spiro atoms. The van der Waals surface area contributed by atoms with Crippen LogP contribution in [0.2, 0.25) is 0 Å². The fourth-order valence-electron chi connectivity index (χ4n) is 4.49. The second-order valence-electron chi connectivity index (χ2n) is 10.4. The molecule has 1 atom stereocenters. The fourth-order valence-corrected chi connectivity index (χ4v) is 4.49. The van der Waals surface area contributed by atoms with E-state index in [-0.39, 0.29) is 17.7 Å². The van der Waals surface area contributed by atoms with E-state index in [1.165, 1.54) is 6.42 Å². The van der Waals surface area contributed by atoms with Gasteiger partial charge in [0.1, 0.15) is 22.9 Å². The van der Waals surface area contributed by atoms with Crippen molar-refractivity contribution in [2.24, 2.45) is 5.92 Å². The minimum Gasteiger partial charge on any atom is -0.416 e. The maximum Gasteiger partial charge on any atom is 0.267 e. The molecule has 10 heteroatoms. The summed E-state index contributed by atoms with van der Waals surface area (Å²) in [5.74, 6) is 3.35. The summed E-state index contributed by atoms with van der Waals surface area (Å²) in [4.78, 5) is 20.7. The first-order valence-corrected chi connectivity index (χ1v) is 12.4. The lowest BCUT2D eigenvalue weighted by Crippen LogP contribution is -2.35. The second kappa shape index (κ2) is 9.42. The molecule has 4 aromatic heterocycles. The van der Waals surface area contributed by atoms with Gasteiger partial charge in [-0.15, -0.1) is 10.2 Å². The Kier molecular flexibility index (Phi) is 6.29. The van der Waals surface area contributed by atoms with Crippen LogP contribution in [0.1, 0.15) is 64.8 Å². The Morgan fingerprint density at radius 1 is 1.11 bits per heavy atom. The third-order valence-electron chi connectivity index (χ3n) is 6.41. The van der Waals surface area contributed by atoms with E-state index in [0.29, 0.717) is 23.2 Å². The van der Waals surface area contributed by atoms with E-state index in [2.05, 4.69) is 56.1 Å². The van der Waals surface area contributed by atoms with Crippen molar-refractivity contribution in [3.05, 3.63) is 42.2 Å². The summed E-state index contributed by atoms with van der Waals surface area (Å²) in [6, 6.07) is 3.84. The van der Waals surface area contributed by atoms with E-state index < -0.39 is 5.60 Å². The summed E-state index contributed by atoms with van der Waals surface area (Å²) < 4.78 is 5.75. The smallest absolute Gasteiger partial charge is 0.267 e. The highest BCUT2D eigenvalue weighted by Crippen LogP contribution is 2.33. The number of fused-ring (bicyclic) bond motifs is 1. The molecule has 5 rings (SSSR count). The Labute approximate surface area is 210 Å². The Balaban J connectivity index is 1.49. The third kappa shape index (κ3) is 4.86. The van der Waals surface area contributed by atoms with Gasteiger partial charge in [-0.1, -0.05) is 20.8 Å². The second-order valence-corrected chi connectivity index (χ2v) is 10.4. The van der Waals surface area contributed by atoms with Crippen LogP contribution in [0.4, 0.5) is 17.6 Å². The number of aliphatic hydroxyl groups is 1. The van der Waals surface area contributed by atoms with Gasteiger partial charge in [-0.25, -0.2) is 9.97 Å². The van der Waals surface area contributed by atoms with E-state index in [0.717, 1.165) is 41.8 Å². The van der Waals surface area contributed by atoms with Crippen molar-refractivity contribution in [1.82, 2.24) is 30.1 Å².